The number of ketones is 1. The summed E-state index contributed by atoms with van der Waals surface area (Å²) >= 11 is 0. The highest BCUT2D eigenvalue weighted by Gasteiger charge is 2.85. The largest absolute Gasteiger partial charge is 0.462 e. The number of carbonyl (C=O) groups is 6. The van der Waals surface area contributed by atoms with Gasteiger partial charge in [0.25, 0.3) is 0 Å². The van der Waals surface area contributed by atoms with E-state index in [4.69, 9.17) is 28.4 Å². The van der Waals surface area contributed by atoms with E-state index < -0.39 is 132 Å². The Morgan fingerprint density at radius 2 is 1.47 bits per heavy atom. The molecular weight excluding hydrogens is 672 g/mol. The van der Waals surface area contributed by atoms with Crippen molar-refractivity contribution in [2.24, 2.45) is 28.6 Å². The van der Waals surface area contributed by atoms with E-state index in [0.29, 0.717) is 0 Å². The first-order valence-electron chi connectivity index (χ1n) is 16.6. The Bertz CT molecular complexity index is 1620. The molecule has 0 radical (unpaired) electrons. The van der Waals surface area contributed by atoms with Crippen LogP contribution in [0.3, 0.4) is 0 Å². The summed E-state index contributed by atoms with van der Waals surface area (Å²) in [5, 5.41) is 35.6. The number of aliphatic hydroxyl groups excluding tert-OH is 2. The van der Waals surface area contributed by atoms with Crippen LogP contribution in [-0.2, 0) is 52.4 Å². The van der Waals surface area contributed by atoms with Crippen molar-refractivity contribution < 1.29 is 72.5 Å². The van der Waals surface area contributed by atoms with Gasteiger partial charge in [-0.2, -0.15) is 0 Å². The van der Waals surface area contributed by atoms with E-state index in [1.807, 2.05) is 0 Å². The van der Waals surface area contributed by atoms with Gasteiger partial charge in [-0.05, 0) is 24.6 Å². The standard InChI is InChI=1S/C36H44O15/c1-17-24(42)13-25(48-18(2)38)35(16-46-32(44)22-11-9-8-10-12-22)26(17)28(49-19(3)39)27-23(14-37)29(43)34(7)36(45,33(27,6)15-47-34)31(51-21(5)41)30(35)50-20(4)40/h8-12,23-28,30-31,37,42,45H,1,13-16H2,2-7H3/t23-,24+,25+,26+,27+,28+,30+,31+,33+,34+,35-,36-/m1/s1. The summed E-state index contributed by atoms with van der Waals surface area (Å²) in [6.45, 7) is 9.05. The molecular formula is C36H44O15. The number of esters is 5. The lowest BCUT2D eigenvalue weighted by atomic mass is 9.41. The molecule has 4 aliphatic rings. The smallest absolute Gasteiger partial charge is 0.338 e. The first-order chi connectivity index (χ1) is 23.8. The van der Waals surface area contributed by atoms with E-state index in [2.05, 4.69) is 6.58 Å². The molecule has 3 saturated carbocycles. The number of aliphatic hydroxyl groups is 3. The predicted molar refractivity (Wildman–Crippen MR) is 171 cm³/mol. The van der Waals surface area contributed by atoms with Gasteiger partial charge in [0, 0.05) is 51.4 Å². The lowest BCUT2D eigenvalue weighted by Gasteiger charge is -2.66. The van der Waals surface area contributed by atoms with Gasteiger partial charge in [0.05, 0.1) is 36.2 Å². The number of benzene rings is 1. The van der Waals surface area contributed by atoms with Crippen molar-refractivity contribution in [2.45, 2.75) is 89.7 Å². The third kappa shape index (κ3) is 5.65. The highest BCUT2D eigenvalue weighted by Crippen LogP contribution is 2.68. The van der Waals surface area contributed by atoms with Crippen molar-refractivity contribution in [3.05, 3.63) is 48.0 Å². The molecule has 4 bridgehead atoms. The first-order valence-corrected chi connectivity index (χ1v) is 16.6. The maximum absolute atomic E-state index is 14.5. The number of Topliss-reactive ketones (excluding diaryl/α,β-unsaturated/α-hetero) is 1. The lowest BCUT2D eigenvalue weighted by Crippen LogP contribution is -2.82. The molecule has 1 aromatic carbocycles. The summed E-state index contributed by atoms with van der Waals surface area (Å²) in [6.07, 6.45) is -9.11. The molecule has 5 rings (SSSR count). The SMILES string of the molecule is C=C1[C@@H](O)C[C@H](OC(C)=O)[C@@]2(COC(=O)c3ccccc3)[C@@H](OC(C)=O)[C@H](OC(C)=O)[C@]3(O)[C@@]4(C)OC[C@@]3(C)[C@H]([C@@H](OC(C)=O)[C@H]12)[C@@H](CO)C4=O. The van der Waals surface area contributed by atoms with Gasteiger partial charge in [0.15, 0.2) is 23.6 Å². The molecule has 1 aliphatic heterocycles. The quantitative estimate of drug-likeness (QED) is 0.193. The van der Waals surface area contributed by atoms with Crippen LogP contribution in [0.5, 0.6) is 0 Å². The van der Waals surface area contributed by atoms with Crippen LogP contribution in [0.15, 0.2) is 42.5 Å². The number of ether oxygens (including phenoxy) is 6. The number of carbonyl (C=O) groups excluding carboxylic acids is 6. The Morgan fingerprint density at radius 3 is 2.02 bits per heavy atom. The van der Waals surface area contributed by atoms with Crippen molar-refractivity contribution in [3.63, 3.8) is 0 Å². The third-order valence-corrected chi connectivity index (χ3v) is 11.4. The molecule has 4 fully saturated rings. The zero-order chi connectivity index (χ0) is 37.8. The molecule has 1 saturated heterocycles. The molecule has 0 amide bonds. The Balaban J connectivity index is 1.95. The predicted octanol–water partition coefficient (Wildman–Crippen LogP) is 0.841. The summed E-state index contributed by atoms with van der Waals surface area (Å²) in [7, 11) is 0. The highest BCUT2D eigenvalue weighted by molar-refractivity contribution is 5.94. The zero-order valence-corrected chi connectivity index (χ0v) is 29.3. The van der Waals surface area contributed by atoms with Crippen molar-refractivity contribution >= 4 is 35.6 Å². The Kier molecular flexibility index (Phi) is 10.0. The molecule has 0 unspecified atom stereocenters. The number of hydrogen-bond donors (Lipinski definition) is 3. The minimum absolute atomic E-state index is 0.0652. The van der Waals surface area contributed by atoms with Crippen molar-refractivity contribution in [1.29, 1.82) is 0 Å². The third-order valence-electron chi connectivity index (χ3n) is 11.4. The number of fused-ring (bicyclic) bond motifs is 1. The second-order valence-electron chi connectivity index (χ2n) is 14.3. The minimum atomic E-state index is -2.61. The maximum atomic E-state index is 14.5. The molecule has 278 valence electrons. The van der Waals surface area contributed by atoms with Crippen LogP contribution in [0.25, 0.3) is 0 Å². The summed E-state index contributed by atoms with van der Waals surface area (Å²) < 4.78 is 35.9. The fourth-order valence-corrected chi connectivity index (χ4v) is 9.41. The van der Waals surface area contributed by atoms with Crippen LogP contribution < -0.4 is 0 Å². The van der Waals surface area contributed by atoms with Crippen LogP contribution in [0.2, 0.25) is 0 Å². The fraction of sp³-hybridized carbons (Fsp3) is 0.611. The van der Waals surface area contributed by atoms with Gasteiger partial charge in [-0.25, -0.2) is 4.79 Å². The monoisotopic (exact) mass is 716 g/mol. The second kappa shape index (κ2) is 13.4. The van der Waals surface area contributed by atoms with Gasteiger partial charge in [-0.1, -0.05) is 31.7 Å². The normalized spacial score (nSPS) is 39.8. The van der Waals surface area contributed by atoms with Gasteiger partial charge in [0.1, 0.15) is 24.4 Å². The minimum Gasteiger partial charge on any atom is -0.462 e. The molecule has 0 spiro atoms. The second-order valence-corrected chi connectivity index (χ2v) is 14.3. The summed E-state index contributed by atoms with van der Waals surface area (Å²) in [5.41, 5.74) is -8.71. The van der Waals surface area contributed by atoms with E-state index in [9.17, 15) is 44.1 Å². The van der Waals surface area contributed by atoms with Crippen molar-refractivity contribution in [1.82, 2.24) is 0 Å². The molecule has 51 heavy (non-hydrogen) atoms. The number of rotatable bonds is 8. The molecule has 15 heteroatoms. The molecule has 15 nitrogen and oxygen atoms in total. The summed E-state index contributed by atoms with van der Waals surface area (Å²) in [4.78, 5) is 80.2. The van der Waals surface area contributed by atoms with Crippen LogP contribution >= 0.6 is 0 Å². The Morgan fingerprint density at radius 1 is 0.902 bits per heavy atom. The average molecular weight is 717 g/mol. The molecule has 3 N–H and O–H groups in total. The van der Waals surface area contributed by atoms with Crippen molar-refractivity contribution in [2.75, 3.05) is 19.8 Å². The Hall–Kier alpha value is -4.18. The van der Waals surface area contributed by atoms with Crippen LogP contribution in [-0.4, -0.2) is 112 Å². The summed E-state index contributed by atoms with van der Waals surface area (Å²) in [6, 6.07) is 7.78. The van der Waals surface area contributed by atoms with Gasteiger partial charge in [-0.3, -0.25) is 24.0 Å². The van der Waals surface area contributed by atoms with E-state index in [1.165, 1.54) is 26.0 Å². The fourth-order valence-electron chi connectivity index (χ4n) is 9.41. The molecule has 3 aliphatic carbocycles. The van der Waals surface area contributed by atoms with E-state index >= 15 is 0 Å². The van der Waals surface area contributed by atoms with Crippen LogP contribution in [0.1, 0.15) is 58.3 Å². The van der Waals surface area contributed by atoms with Crippen LogP contribution in [0, 0.1) is 28.6 Å². The van der Waals surface area contributed by atoms with Gasteiger partial charge >= 0.3 is 29.8 Å². The Labute approximate surface area is 294 Å². The lowest BCUT2D eigenvalue weighted by molar-refractivity contribution is -0.308. The average Bonchev–Trinajstić information content (AvgIpc) is 3.21. The van der Waals surface area contributed by atoms with Gasteiger partial charge < -0.3 is 43.7 Å². The maximum Gasteiger partial charge on any atom is 0.338 e. The van der Waals surface area contributed by atoms with Crippen LogP contribution in [0.4, 0.5) is 0 Å². The highest BCUT2D eigenvalue weighted by atomic mass is 16.6. The topological polar surface area (TPSA) is 218 Å². The van der Waals surface area contributed by atoms with E-state index in [0.717, 1.165) is 27.7 Å². The van der Waals surface area contributed by atoms with Gasteiger partial charge in [0.2, 0.25) is 0 Å². The molecule has 1 aromatic rings. The molecule has 1 heterocycles. The molecule has 12 atom stereocenters. The van der Waals surface area contributed by atoms with Gasteiger partial charge in [-0.15, -0.1) is 0 Å². The molecule has 0 aromatic heterocycles. The number of hydrogen-bond acceptors (Lipinski definition) is 15. The zero-order valence-electron chi connectivity index (χ0n) is 29.3. The first kappa shape index (κ1) is 38.1. The van der Waals surface area contributed by atoms with Crippen molar-refractivity contribution in [3.8, 4) is 0 Å². The summed E-state index contributed by atoms with van der Waals surface area (Å²) in [5.74, 6) is -9.76. The van der Waals surface area contributed by atoms with E-state index in [1.54, 1.807) is 18.2 Å². The van der Waals surface area contributed by atoms with E-state index in [-0.39, 0.29) is 11.1 Å².